The Morgan fingerprint density at radius 2 is 2.27 bits per heavy atom. The second-order valence-corrected chi connectivity index (χ2v) is 2.32. The summed E-state index contributed by atoms with van der Waals surface area (Å²) in [6, 6.07) is 0. The summed E-state index contributed by atoms with van der Waals surface area (Å²) in [6.45, 7) is 1.47. The number of nitrogens with zero attached hydrogens (tertiary/aromatic N) is 1. The minimum atomic E-state index is -1.21. The van der Waals surface area contributed by atoms with Gasteiger partial charge in [-0.05, 0) is 6.92 Å². The molecule has 0 aliphatic carbocycles. The van der Waals surface area contributed by atoms with Crippen LogP contribution in [-0.2, 0) is 9.59 Å². The normalized spacial score (nSPS) is 18.0. The first-order chi connectivity index (χ1) is 5.04. The number of ketones is 1. The van der Waals surface area contributed by atoms with Crippen LogP contribution in [0.2, 0.25) is 0 Å². The van der Waals surface area contributed by atoms with E-state index in [1.807, 2.05) is 0 Å². The zero-order valence-electron chi connectivity index (χ0n) is 6.00. The van der Waals surface area contributed by atoms with Crippen molar-refractivity contribution in [1.29, 1.82) is 0 Å². The highest BCUT2D eigenvalue weighted by Crippen LogP contribution is 2.15. The lowest BCUT2D eigenvalue weighted by atomic mass is 10.2. The number of carbonyl (C=O) groups excluding carboxylic acids is 1. The average Bonchev–Trinajstić information content (AvgIpc) is 2.07. The molecular weight excluding hydrogens is 148 g/mol. The van der Waals surface area contributed by atoms with Gasteiger partial charge in [0.25, 0.3) is 0 Å². The number of carboxylic acids is 1. The van der Waals surface area contributed by atoms with Gasteiger partial charge < -0.3 is 10.1 Å². The van der Waals surface area contributed by atoms with Gasteiger partial charge in [-0.3, -0.25) is 4.79 Å². The average molecular weight is 156 g/mol. The molecule has 1 aliphatic heterocycles. The van der Waals surface area contributed by atoms with Crippen LogP contribution in [0.5, 0.6) is 0 Å². The van der Waals surface area contributed by atoms with Gasteiger partial charge in [-0.15, -0.1) is 0 Å². The van der Waals surface area contributed by atoms with Crippen LogP contribution >= 0.6 is 0 Å². The monoisotopic (exact) mass is 156 g/mol. The van der Waals surface area contributed by atoms with Crippen molar-refractivity contribution >= 4 is 11.8 Å². The predicted molar refractivity (Wildman–Crippen MR) is 36.2 cm³/mol. The fourth-order valence-corrected chi connectivity index (χ4v) is 0.972. The second-order valence-electron chi connectivity index (χ2n) is 2.32. The Morgan fingerprint density at radius 3 is 2.45 bits per heavy atom. The molecule has 0 aromatic carbocycles. The molecule has 0 saturated carbocycles. The first-order valence-corrected chi connectivity index (χ1v) is 3.03. The third-order valence-corrected chi connectivity index (χ3v) is 1.60. The maximum absolute atomic E-state index is 10.9. The summed E-state index contributed by atoms with van der Waals surface area (Å²) in [5, 5.41) is 9.64. The molecule has 0 bridgehead atoms. The molecule has 1 aliphatic rings. The summed E-state index contributed by atoms with van der Waals surface area (Å²) in [7, 11) is 0. The van der Waals surface area contributed by atoms with Gasteiger partial charge in [-0.2, -0.15) is 0 Å². The van der Waals surface area contributed by atoms with Crippen LogP contribution in [0.1, 0.15) is 6.92 Å². The number of carbonyl (C=O) groups is 2. The Bertz CT molecular complexity index is 257. The van der Waals surface area contributed by atoms with Crippen LogP contribution in [-0.4, -0.2) is 28.4 Å². The van der Waals surface area contributed by atoms with Crippen molar-refractivity contribution in [2.45, 2.75) is 6.92 Å². The molecule has 5 nitrogen and oxygen atoms in total. The molecule has 0 saturated heterocycles. The zero-order chi connectivity index (χ0) is 8.59. The molecular formula is C6H8N2O3. The van der Waals surface area contributed by atoms with Gasteiger partial charge in [-0.1, -0.05) is 0 Å². The summed E-state index contributed by atoms with van der Waals surface area (Å²) >= 11 is 0. The van der Waals surface area contributed by atoms with Crippen molar-refractivity contribution in [3.05, 3.63) is 11.3 Å². The summed E-state index contributed by atoms with van der Waals surface area (Å²) in [5.41, 5.74) is 0.120. The number of Topliss-reactive ketones (excluding diaryl/α,β-unsaturated/α-hetero) is 1. The van der Waals surface area contributed by atoms with Crippen molar-refractivity contribution < 1.29 is 14.7 Å². The van der Waals surface area contributed by atoms with E-state index in [1.54, 1.807) is 0 Å². The number of carboxylic acid groups (broad SMARTS) is 1. The van der Waals surface area contributed by atoms with E-state index in [1.165, 1.54) is 6.92 Å². The maximum Gasteiger partial charge on any atom is 0.341 e. The SMILES string of the molecule is CC1=C(C(=O)O)C(=O)CN1N. The van der Waals surface area contributed by atoms with Crippen molar-refractivity contribution in [2.75, 3.05) is 6.54 Å². The van der Waals surface area contributed by atoms with Crippen molar-refractivity contribution in [2.24, 2.45) is 5.84 Å². The Labute approximate surface area is 63.1 Å². The molecule has 0 atom stereocenters. The molecule has 0 unspecified atom stereocenters. The molecule has 11 heavy (non-hydrogen) atoms. The number of aliphatic carboxylic acids is 1. The minimum absolute atomic E-state index is 0.0343. The van der Waals surface area contributed by atoms with E-state index < -0.39 is 11.8 Å². The molecule has 0 aromatic rings. The smallest absolute Gasteiger partial charge is 0.341 e. The molecule has 60 valence electrons. The van der Waals surface area contributed by atoms with E-state index in [0.29, 0.717) is 5.70 Å². The Hall–Kier alpha value is -1.36. The Balaban J connectivity index is 3.07. The number of hydrogen-bond acceptors (Lipinski definition) is 4. The van der Waals surface area contributed by atoms with Gasteiger partial charge in [-0.25, -0.2) is 10.6 Å². The van der Waals surface area contributed by atoms with Gasteiger partial charge in [0, 0.05) is 5.70 Å². The molecule has 1 heterocycles. The zero-order valence-corrected chi connectivity index (χ0v) is 6.00. The molecule has 0 spiro atoms. The molecule has 0 aromatic heterocycles. The van der Waals surface area contributed by atoms with Crippen molar-refractivity contribution in [1.82, 2.24) is 5.01 Å². The van der Waals surface area contributed by atoms with Crippen LogP contribution in [0.3, 0.4) is 0 Å². The van der Waals surface area contributed by atoms with Crippen molar-refractivity contribution in [3.63, 3.8) is 0 Å². The summed E-state index contributed by atoms with van der Waals surface area (Å²) < 4.78 is 0. The molecule has 3 N–H and O–H groups in total. The number of hydrazine groups is 1. The lowest BCUT2D eigenvalue weighted by Crippen LogP contribution is -2.27. The molecule has 0 amide bonds. The molecule has 5 heteroatoms. The van der Waals surface area contributed by atoms with Crippen LogP contribution in [0.25, 0.3) is 0 Å². The standard InChI is InChI=1S/C6H8N2O3/c1-3-5(6(10)11)4(9)2-8(3)7/h2,7H2,1H3,(H,10,11). The first-order valence-electron chi connectivity index (χ1n) is 3.03. The van der Waals surface area contributed by atoms with E-state index in [0.717, 1.165) is 5.01 Å². The highest BCUT2D eigenvalue weighted by Gasteiger charge is 2.29. The minimum Gasteiger partial charge on any atom is -0.477 e. The quantitative estimate of drug-likeness (QED) is 0.380. The van der Waals surface area contributed by atoms with E-state index in [9.17, 15) is 9.59 Å². The Kier molecular flexibility index (Phi) is 1.66. The fourth-order valence-electron chi connectivity index (χ4n) is 0.972. The summed E-state index contributed by atoms with van der Waals surface area (Å²) in [5.74, 6) is 3.65. The largest absolute Gasteiger partial charge is 0.477 e. The maximum atomic E-state index is 10.9. The van der Waals surface area contributed by atoms with Gasteiger partial charge in [0.05, 0.1) is 6.54 Å². The van der Waals surface area contributed by atoms with Gasteiger partial charge in [0.2, 0.25) is 0 Å². The van der Waals surface area contributed by atoms with Gasteiger partial charge >= 0.3 is 5.97 Å². The third-order valence-electron chi connectivity index (χ3n) is 1.60. The number of rotatable bonds is 1. The highest BCUT2D eigenvalue weighted by atomic mass is 16.4. The van der Waals surface area contributed by atoms with Crippen LogP contribution in [0, 0.1) is 0 Å². The predicted octanol–water partition coefficient (Wildman–Crippen LogP) is -0.897. The molecule has 0 radical (unpaired) electrons. The van der Waals surface area contributed by atoms with Crippen molar-refractivity contribution in [3.8, 4) is 0 Å². The summed E-state index contributed by atoms with van der Waals surface area (Å²) in [4.78, 5) is 21.3. The molecule has 0 fully saturated rings. The number of nitrogens with two attached hydrogens (primary N) is 1. The lowest BCUT2D eigenvalue weighted by molar-refractivity contribution is -0.134. The van der Waals surface area contributed by atoms with Crippen LogP contribution in [0.15, 0.2) is 11.3 Å². The number of allylic oxidation sites excluding steroid dienone is 1. The molecule has 1 rings (SSSR count). The first kappa shape index (κ1) is 7.74. The van der Waals surface area contributed by atoms with Crippen LogP contribution in [0.4, 0.5) is 0 Å². The van der Waals surface area contributed by atoms with E-state index in [2.05, 4.69) is 0 Å². The second kappa shape index (κ2) is 2.35. The Morgan fingerprint density at radius 1 is 1.73 bits per heavy atom. The van der Waals surface area contributed by atoms with E-state index >= 15 is 0 Å². The highest BCUT2D eigenvalue weighted by molar-refractivity contribution is 6.19. The topological polar surface area (TPSA) is 83.6 Å². The van der Waals surface area contributed by atoms with E-state index in [-0.39, 0.29) is 12.1 Å². The van der Waals surface area contributed by atoms with Crippen LogP contribution < -0.4 is 5.84 Å². The summed E-state index contributed by atoms with van der Waals surface area (Å²) in [6.07, 6.45) is 0. The fraction of sp³-hybridized carbons (Fsp3) is 0.333. The van der Waals surface area contributed by atoms with E-state index in [4.69, 9.17) is 10.9 Å². The third kappa shape index (κ3) is 1.10. The number of hydrogen-bond donors (Lipinski definition) is 2. The lowest BCUT2D eigenvalue weighted by Gasteiger charge is -2.08. The van der Waals surface area contributed by atoms with Gasteiger partial charge in [0.1, 0.15) is 5.57 Å². The van der Waals surface area contributed by atoms with Gasteiger partial charge in [0.15, 0.2) is 5.78 Å².